The Morgan fingerprint density at radius 2 is 2.33 bits per heavy atom. The standard InChI is InChI=1S/C9H14N2O/c1-2-4-8(3-1)10-7-9-5-6-12-11-9/h5-6,8,10H,1-4,7H2. The molecule has 3 heteroatoms. The molecule has 0 spiro atoms. The molecule has 0 aliphatic heterocycles. The molecule has 0 radical (unpaired) electrons. The number of nitrogens with one attached hydrogen (secondary N) is 1. The molecule has 1 N–H and O–H groups in total. The molecule has 1 fully saturated rings. The molecule has 0 atom stereocenters. The summed E-state index contributed by atoms with van der Waals surface area (Å²) in [5.41, 5.74) is 1.00. The van der Waals surface area contributed by atoms with Crippen molar-refractivity contribution in [1.82, 2.24) is 10.5 Å². The molecule has 0 amide bonds. The largest absolute Gasteiger partial charge is 0.364 e. The third-order valence-electron chi connectivity index (χ3n) is 2.42. The maximum absolute atomic E-state index is 4.74. The van der Waals surface area contributed by atoms with Crippen molar-refractivity contribution in [3.63, 3.8) is 0 Å². The smallest absolute Gasteiger partial charge is 0.124 e. The molecule has 66 valence electrons. The van der Waals surface area contributed by atoms with Crippen LogP contribution in [0.3, 0.4) is 0 Å². The molecule has 0 bridgehead atoms. The van der Waals surface area contributed by atoms with Crippen LogP contribution in [0.2, 0.25) is 0 Å². The summed E-state index contributed by atoms with van der Waals surface area (Å²) in [6.45, 7) is 0.848. The van der Waals surface area contributed by atoms with Crippen LogP contribution >= 0.6 is 0 Å². The lowest BCUT2D eigenvalue weighted by molar-refractivity contribution is 0.404. The summed E-state index contributed by atoms with van der Waals surface area (Å²) in [4.78, 5) is 0. The minimum absolute atomic E-state index is 0.710. The van der Waals surface area contributed by atoms with Crippen molar-refractivity contribution in [3.05, 3.63) is 18.0 Å². The van der Waals surface area contributed by atoms with Crippen molar-refractivity contribution >= 4 is 0 Å². The van der Waals surface area contributed by atoms with Crippen LogP contribution in [0, 0.1) is 0 Å². The van der Waals surface area contributed by atoms with Crippen LogP contribution < -0.4 is 5.32 Å². The highest BCUT2D eigenvalue weighted by atomic mass is 16.5. The van der Waals surface area contributed by atoms with Crippen molar-refractivity contribution in [2.75, 3.05) is 0 Å². The fourth-order valence-electron chi connectivity index (χ4n) is 1.71. The molecule has 1 heterocycles. The second-order valence-electron chi connectivity index (χ2n) is 3.35. The number of rotatable bonds is 3. The fraction of sp³-hybridized carbons (Fsp3) is 0.667. The lowest BCUT2D eigenvalue weighted by atomic mass is 10.2. The Kier molecular flexibility index (Phi) is 2.42. The third kappa shape index (κ3) is 1.85. The molecule has 0 unspecified atom stereocenters. The highest BCUT2D eigenvalue weighted by Gasteiger charge is 2.13. The van der Waals surface area contributed by atoms with E-state index in [4.69, 9.17) is 4.52 Å². The van der Waals surface area contributed by atoms with Crippen LogP contribution in [0.1, 0.15) is 31.4 Å². The molecular weight excluding hydrogens is 152 g/mol. The monoisotopic (exact) mass is 166 g/mol. The van der Waals surface area contributed by atoms with E-state index in [0.717, 1.165) is 12.2 Å². The minimum atomic E-state index is 0.710. The van der Waals surface area contributed by atoms with Crippen LogP contribution in [0.4, 0.5) is 0 Å². The summed E-state index contributed by atoms with van der Waals surface area (Å²) in [5.74, 6) is 0. The molecular formula is C9H14N2O. The minimum Gasteiger partial charge on any atom is -0.364 e. The highest BCUT2D eigenvalue weighted by molar-refractivity contribution is 4.95. The Bertz CT molecular complexity index is 214. The van der Waals surface area contributed by atoms with Gasteiger partial charge < -0.3 is 9.84 Å². The molecule has 2 rings (SSSR count). The summed E-state index contributed by atoms with van der Waals surface area (Å²) in [5, 5.41) is 7.30. The first-order chi connectivity index (χ1) is 5.95. The highest BCUT2D eigenvalue weighted by Crippen LogP contribution is 2.17. The van der Waals surface area contributed by atoms with E-state index in [0.29, 0.717) is 6.04 Å². The van der Waals surface area contributed by atoms with Crippen LogP contribution in [0.5, 0.6) is 0 Å². The average molecular weight is 166 g/mol. The second-order valence-corrected chi connectivity index (χ2v) is 3.35. The topological polar surface area (TPSA) is 38.1 Å². The summed E-state index contributed by atoms with van der Waals surface area (Å²) in [6.07, 6.45) is 6.99. The molecule has 3 nitrogen and oxygen atoms in total. The van der Waals surface area contributed by atoms with E-state index < -0.39 is 0 Å². The predicted octanol–water partition coefficient (Wildman–Crippen LogP) is 1.71. The molecule has 0 saturated heterocycles. The van der Waals surface area contributed by atoms with E-state index in [1.807, 2.05) is 6.07 Å². The van der Waals surface area contributed by atoms with E-state index in [1.54, 1.807) is 6.26 Å². The van der Waals surface area contributed by atoms with Crippen LogP contribution in [0.15, 0.2) is 16.9 Å². The zero-order valence-electron chi connectivity index (χ0n) is 7.12. The lowest BCUT2D eigenvalue weighted by Gasteiger charge is -2.08. The lowest BCUT2D eigenvalue weighted by Crippen LogP contribution is -2.25. The number of aromatic nitrogens is 1. The molecule has 0 aromatic carbocycles. The van der Waals surface area contributed by atoms with Gasteiger partial charge in [0.25, 0.3) is 0 Å². The van der Waals surface area contributed by atoms with Gasteiger partial charge in [0.05, 0.1) is 5.69 Å². The third-order valence-corrected chi connectivity index (χ3v) is 2.42. The Hall–Kier alpha value is -0.830. The van der Waals surface area contributed by atoms with E-state index in [-0.39, 0.29) is 0 Å². The summed E-state index contributed by atoms with van der Waals surface area (Å²) < 4.78 is 4.74. The van der Waals surface area contributed by atoms with Gasteiger partial charge in [-0.2, -0.15) is 0 Å². The fourth-order valence-corrected chi connectivity index (χ4v) is 1.71. The van der Waals surface area contributed by atoms with Gasteiger partial charge in [0.1, 0.15) is 6.26 Å². The molecule has 1 aromatic heterocycles. The summed E-state index contributed by atoms with van der Waals surface area (Å²) >= 11 is 0. The van der Waals surface area contributed by atoms with E-state index >= 15 is 0 Å². The molecule has 12 heavy (non-hydrogen) atoms. The maximum Gasteiger partial charge on any atom is 0.124 e. The van der Waals surface area contributed by atoms with Gasteiger partial charge in [-0.25, -0.2) is 0 Å². The average Bonchev–Trinajstić information content (AvgIpc) is 2.74. The maximum atomic E-state index is 4.74. The van der Waals surface area contributed by atoms with Gasteiger partial charge in [-0.1, -0.05) is 18.0 Å². The van der Waals surface area contributed by atoms with Crippen LogP contribution in [-0.2, 0) is 6.54 Å². The summed E-state index contributed by atoms with van der Waals surface area (Å²) in [7, 11) is 0. The van der Waals surface area contributed by atoms with Crippen molar-refractivity contribution in [2.24, 2.45) is 0 Å². The molecule has 1 saturated carbocycles. The van der Waals surface area contributed by atoms with Crippen molar-refractivity contribution in [2.45, 2.75) is 38.3 Å². The molecule has 1 aliphatic rings. The van der Waals surface area contributed by atoms with Crippen molar-refractivity contribution < 1.29 is 4.52 Å². The van der Waals surface area contributed by atoms with Crippen molar-refractivity contribution in [3.8, 4) is 0 Å². The Balaban J connectivity index is 1.74. The van der Waals surface area contributed by atoms with Gasteiger partial charge in [-0.15, -0.1) is 0 Å². The van der Waals surface area contributed by atoms with Crippen LogP contribution in [-0.4, -0.2) is 11.2 Å². The Morgan fingerprint density at radius 1 is 1.50 bits per heavy atom. The first-order valence-electron chi connectivity index (χ1n) is 4.58. The van der Waals surface area contributed by atoms with Gasteiger partial charge in [-0.05, 0) is 12.8 Å². The first-order valence-corrected chi connectivity index (χ1v) is 4.58. The SMILES string of the molecule is c1cc(CNC2CCCC2)no1. The van der Waals surface area contributed by atoms with Gasteiger partial charge in [0, 0.05) is 18.7 Å². The number of hydrogen-bond donors (Lipinski definition) is 1. The van der Waals surface area contributed by atoms with E-state index in [2.05, 4.69) is 10.5 Å². The Labute approximate surface area is 72.1 Å². The first kappa shape index (κ1) is 7.80. The zero-order valence-corrected chi connectivity index (χ0v) is 7.12. The predicted molar refractivity (Wildman–Crippen MR) is 45.6 cm³/mol. The molecule has 1 aromatic rings. The molecule has 1 aliphatic carbocycles. The Morgan fingerprint density at radius 3 is 3.00 bits per heavy atom. The van der Waals surface area contributed by atoms with E-state index in [1.165, 1.54) is 25.7 Å². The van der Waals surface area contributed by atoms with Crippen molar-refractivity contribution in [1.29, 1.82) is 0 Å². The van der Waals surface area contributed by atoms with Gasteiger partial charge >= 0.3 is 0 Å². The van der Waals surface area contributed by atoms with Gasteiger partial charge in [0.2, 0.25) is 0 Å². The van der Waals surface area contributed by atoms with Gasteiger partial charge in [-0.3, -0.25) is 0 Å². The van der Waals surface area contributed by atoms with E-state index in [9.17, 15) is 0 Å². The number of nitrogens with zero attached hydrogens (tertiary/aromatic N) is 1. The second kappa shape index (κ2) is 3.72. The number of hydrogen-bond acceptors (Lipinski definition) is 3. The zero-order chi connectivity index (χ0) is 8.23. The van der Waals surface area contributed by atoms with Gasteiger partial charge in [0.15, 0.2) is 0 Å². The normalized spacial score (nSPS) is 18.7. The van der Waals surface area contributed by atoms with Crippen LogP contribution in [0.25, 0.3) is 0 Å². The quantitative estimate of drug-likeness (QED) is 0.742. The summed E-state index contributed by atoms with van der Waals surface area (Å²) in [6, 6.07) is 2.61.